The molecule has 0 saturated carbocycles. The number of rotatable bonds is 23. The van der Waals surface area contributed by atoms with Crippen molar-refractivity contribution in [2.75, 3.05) is 105 Å². The van der Waals surface area contributed by atoms with Crippen molar-refractivity contribution in [3.63, 3.8) is 0 Å². The van der Waals surface area contributed by atoms with Gasteiger partial charge in [0, 0.05) is 134 Å². The number of hydrogen-bond donors (Lipinski definition) is 12. The van der Waals surface area contributed by atoms with Gasteiger partial charge in [0.1, 0.15) is 29.9 Å². The van der Waals surface area contributed by atoms with E-state index >= 15 is 0 Å². The van der Waals surface area contributed by atoms with Gasteiger partial charge in [-0.15, -0.1) is 0 Å². The molecular formula is C60H79ILuN14O14. The van der Waals surface area contributed by atoms with Crippen molar-refractivity contribution in [2.24, 2.45) is 16.5 Å². The van der Waals surface area contributed by atoms with Crippen LogP contribution in [0, 0.1) is 40.4 Å². The molecule has 90 heavy (non-hydrogen) atoms. The molecule has 6 rings (SSSR count). The number of aliphatic carboxylic acids is 3. The molecule has 14 N–H and O–H groups in total. The summed E-state index contributed by atoms with van der Waals surface area (Å²) in [6, 6.07) is 19.2. The largest absolute Gasteiger partial charge is 0.507 e. The molecule has 1 radical (unpaired) electrons. The van der Waals surface area contributed by atoms with E-state index in [0.29, 0.717) is 20.3 Å². The summed E-state index contributed by atoms with van der Waals surface area (Å²) in [5.74, 6) is -7.84. The van der Waals surface area contributed by atoms with E-state index < -0.39 is 84.1 Å². The Morgan fingerprint density at radius 2 is 1.14 bits per heavy atom. The molecule has 4 aromatic rings. The number of phenolic OH excluding ortho intramolecular Hbond substituents is 1. The third-order valence-electron chi connectivity index (χ3n) is 15.1. The zero-order valence-electron chi connectivity index (χ0n) is 49.8. The molecule has 0 bridgehead atoms. The number of guanidine groups is 1. The van der Waals surface area contributed by atoms with E-state index in [1.807, 2.05) is 65.1 Å². The molecule has 2 fully saturated rings. The van der Waals surface area contributed by atoms with Gasteiger partial charge in [-0.2, -0.15) is 0 Å². The number of carbonyl (C=O) groups excluding carboxylic acids is 7. The van der Waals surface area contributed by atoms with Gasteiger partial charge in [0.2, 0.25) is 35.4 Å². The number of phenols is 1. The second-order valence-electron chi connectivity index (χ2n) is 21.9. The summed E-state index contributed by atoms with van der Waals surface area (Å²) in [5.41, 5.74) is 13.3. The number of benzene rings is 4. The number of carboxylic acid groups (broad SMARTS) is 3. The van der Waals surface area contributed by atoms with Crippen LogP contribution in [-0.4, -0.2) is 240 Å². The number of carbonyl (C=O) groups is 10. The van der Waals surface area contributed by atoms with Crippen LogP contribution in [0.1, 0.15) is 52.7 Å². The van der Waals surface area contributed by atoms with Crippen molar-refractivity contribution in [3.8, 4) is 5.75 Å². The van der Waals surface area contributed by atoms with Gasteiger partial charge in [-0.3, -0.25) is 72.5 Å². The summed E-state index contributed by atoms with van der Waals surface area (Å²) in [7, 11) is 1.39. The smallest absolute Gasteiger partial charge is 0.317 e. The van der Waals surface area contributed by atoms with Crippen LogP contribution in [0.4, 0.5) is 0 Å². The maximum absolute atomic E-state index is 14.7. The van der Waals surface area contributed by atoms with Crippen LogP contribution >= 0.6 is 22.6 Å². The van der Waals surface area contributed by atoms with Crippen LogP contribution in [0.3, 0.4) is 0 Å². The van der Waals surface area contributed by atoms with Crippen molar-refractivity contribution in [3.05, 3.63) is 111 Å². The number of hydrogen-bond acceptors (Lipinski definition) is 16. The normalized spacial score (nSPS) is 19.2. The Bertz CT molecular complexity index is 3160. The van der Waals surface area contributed by atoms with E-state index in [-0.39, 0.29) is 197 Å². The maximum Gasteiger partial charge on any atom is 0.317 e. The van der Waals surface area contributed by atoms with Gasteiger partial charge < -0.3 is 68.7 Å². The third kappa shape index (κ3) is 24.8. The van der Waals surface area contributed by atoms with Crippen LogP contribution in [0.25, 0.3) is 10.8 Å². The Morgan fingerprint density at radius 3 is 1.72 bits per heavy atom. The fourth-order valence-electron chi connectivity index (χ4n) is 10.3. The van der Waals surface area contributed by atoms with Crippen LogP contribution in [0.5, 0.6) is 5.75 Å². The van der Waals surface area contributed by atoms with Gasteiger partial charge in [0.05, 0.1) is 36.3 Å². The standard InChI is InChI=1S/C60H79IN14O14.Lu/c1-71-48(9-5-18-64-55(85)42-15-10-38(11-16-42)32-66-51(78)34-72-20-22-73(35-52(79)80)24-26-75(37-54(83)84)27-25-74(23-21-72)36-53(81)82)58(88)69-45(8-4-19-65-60(62)63)57(87)70-46(30-39-12-14-41-6-2-3-7-43(41)28-39)56(86)67-33-50(77)68-47(59(71)89)31-40-13-17-49(76)44(61)29-40;/h2-3,6-7,10-17,28-29,45-48,76H,4-5,8-9,18-27,30-37H2,1H3,(H,64,85)(H,66,78)(H,67,86)(H,68,77)(H,69,88)(H,70,87)(H,79,80)(H,81,82)(H,83,84)(H4,62,63,65);/t45-,46-,47+,48+;/m0./s1/i;1+2. The zero-order chi connectivity index (χ0) is 64.6. The molecule has 0 unspecified atom stereocenters. The molecule has 0 spiro atoms. The van der Waals surface area contributed by atoms with Crippen molar-refractivity contribution < 1.29 is 105 Å². The van der Waals surface area contributed by atoms with E-state index in [9.17, 15) is 68.4 Å². The molecule has 28 nitrogen and oxygen atoms in total. The Labute approximate surface area is 563 Å². The summed E-state index contributed by atoms with van der Waals surface area (Å²) in [4.78, 5) is 146. The molecule has 4 atom stereocenters. The zero-order valence-corrected chi connectivity index (χ0v) is 53.6. The minimum absolute atomic E-state index is 0. The minimum atomic E-state index is -1.29. The Hall–Kier alpha value is -7.29. The Kier molecular flexibility index (Phi) is 30.3. The molecule has 0 aromatic heterocycles. The molecule has 30 heteroatoms. The average Bonchev–Trinajstić information content (AvgIpc) is 2.46. The van der Waals surface area contributed by atoms with Crippen LogP contribution < -0.4 is 43.4 Å². The van der Waals surface area contributed by atoms with Crippen LogP contribution in [0.2, 0.25) is 0 Å². The van der Waals surface area contributed by atoms with Crippen LogP contribution in [0.15, 0.2) is 89.9 Å². The quantitative estimate of drug-likeness (QED) is 0.0178. The number of likely N-dealkylation sites (N-methyl/N-ethyl adjacent to an activating group) is 1. The van der Waals surface area contributed by atoms with Crippen LogP contribution in [-0.2, 0) is 62.5 Å². The first kappa shape index (κ1) is 73.5. The van der Waals surface area contributed by atoms with Gasteiger partial charge in [0.25, 0.3) is 5.91 Å². The predicted molar refractivity (Wildman–Crippen MR) is 336 cm³/mol. The van der Waals surface area contributed by atoms with Crippen molar-refractivity contribution in [1.82, 2.24) is 56.4 Å². The molecule has 2 aliphatic rings. The fraction of sp³-hybridized carbons (Fsp3) is 0.450. The van der Waals surface area contributed by atoms with Gasteiger partial charge in [0.15, 0.2) is 5.96 Å². The summed E-state index contributed by atoms with van der Waals surface area (Å²) in [6.07, 6.45) is 0.200. The molecule has 495 valence electrons. The molecule has 0 aliphatic carbocycles. The first-order valence-corrected chi connectivity index (χ1v) is 30.2. The minimum Gasteiger partial charge on any atom is -0.507 e. The maximum atomic E-state index is 14.7. The number of nitrogens with two attached hydrogens (primary N) is 2. The van der Waals surface area contributed by atoms with Gasteiger partial charge in [-0.1, -0.05) is 60.7 Å². The second kappa shape index (κ2) is 37.1. The van der Waals surface area contributed by atoms with Gasteiger partial charge in [-0.25, -0.2) is 0 Å². The van der Waals surface area contributed by atoms with Gasteiger partial charge in [-0.05, 0) is 100 Å². The summed E-state index contributed by atoms with van der Waals surface area (Å²) in [5, 5.41) is 57.4. The number of amides is 7. The first-order chi connectivity index (χ1) is 42.5. The fourth-order valence-corrected chi connectivity index (χ4v) is 10.9. The molecule has 7 amide bonds. The third-order valence-corrected chi connectivity index (χ3v) is 16.0. The predicted octanol–water partition coefficient (Wildman–Crippen LogP) is -1.30. The molecular weight excluding hydrogens is 1440 g/mol. The molecule has 2 saturated heterocycles. The number of aromatic hydroxyl groups is 1. The van der Waals surface area contributed by atoms with E-state index in [0.717, 1.165) is 10.8 Å². The first-order valence-electron chi connectivity index (χ1n) is 29.1. The number of aliphatic imine (C=N–C) groups is 1. The molecule has 4 aromatic carbocycles. The number of halogens is 1. The Morgan fingerprint density at radius 1 is 0.611 bits per heavy atom. The Balaban J connectivity index is 0.0000147. The number of nitrogens with zero attached hydrogens (tertiary/aromatic N) is 6. The topological polar surface area (TPSA) is 404 Å². The summed E-state index contributed by atoms with van der Waals surface area (Å²) < 4.78 is 0.479. The average molecular weight is 1520 g/mol. The van der Waals surface area contributed by atoms with Crippen molar-refractivity contribution in [1.29, 1.82) is 0 Å². The summed E-state index contributed by atoms with van der Waals surface area (Å²) in [6.45, 7) is 0.517. The van der Waals surface area contributed by atoms with E-state index in [1.54, 1.807) is 56.0 Å². The SMILES string of the molecule is CN1C(=O)[C@@H](Cc2ccc(O)c(I)c2)NC(=O)CNC(=O)[C@H](Cc2ccc3ccccc3c2)NC(=O)[C@H](CCCN=C(N)N)NC(=O)[C@H]1CCCNC(=O)c1ccc(CNC(=O)CN2CCN(CC(=O)O)CCN(CC(=O)O)CCN(CC(=O)O)CC2)cc1.[177Lu]. The number of nitrogens with one attached hydrogen (secondary N) is 6. The van der Waals surface area contributed by atoms with E-state index in [4.69, 9.17) is 11.5 Å². The van der Waals surface area contributed by atoms with E-state index in [2.05, 4.69) is 36.9 Å². The summed E-state index contributed by atoms with van der Waals surface area (Å²) >= 11 is 1.93. The second-order valence-corrected chi connectivity index (χ2v) is 23.1. The monoisotopic (exact) mass is 1520 g/mol. The van der Waals surface area contributed by atoms with Crippen molar-refractivity contribution >= 4 is 98.6 Å². The number of fused-ring (bicyclic) bond motifs is 1. The van der Waals surface area contributed by atoms with Gasteiger partial charge >= 0.3 is 17.9 Å². The van der Waals surface area contributed by atoms with Crippen molar-refractivity contribution in [2.45, 2.75) is 69.2 Å². The molecule has 2 aliphatic heterocycles. The molecule has 2 heterocycles. The number of carboxylic acids is 3. The van der Waals surface area contributed by atoms with E-state index in [1.165, 1.54) is 18.0 Å².